The van der Waals surface area contributed by atoms with Gasteiger partial charge in [-0.2, -0.15) is 5.10 Å². The number of amides is 2. The van der Waals surface area contributed by atoms with Gasteiger partial charge in [-0.25, -0.2) is 4.79 Å². The Balaban J connectivity index is 1.66. The molecule has 1 aromatic rings. The van der Waals surface area contributed by atoms with Gasteiger partial charge in [-0.15, -0.1) is 0 Å². The number of ether oxygens (including phenoxy) is 2. The Bertz CT molecular complexity index is 572. The number of nitrogens with one attached hydrogen (secondary N) is 1. The highest BCUT2D eigenvalue weighted by atomic mass is 16.6. The van der Waals surface area contributed by atoms with E-state index in [0.717, 1.165) is 6.42 Å². The van der Waals surface area contributed by atoms with Gasteiger partial charge in [0.15, 0.2) is 0 Å². The summed E-state index contributed by atoms with van der Waals surface area (Å²) in [6.45, 7) is 10.6. The number of urea groups is 1. The smallest absolute Gasteiger partial charge is 0.322 e. The predicted octanol–water partition coefficient (Wildman–Crippen LogP) is 2.05. The van der Waals surface area contributed by atoms with E-state index < -0.39 is 0 Å². The molecule has 2 aliphatic rings. The molecule has 3 rings (SSSR count). The molecule has 3 heterocycles. The highest BCUT2D eigenvalue weighted by Crippen LogP contribution is 2.30. The van der Waals surface area contributed by atoms with Crippen LogP contribution in [0, 0.1) is 0 Å². The standard InChI is InChI=1S/C16H26N4O3/c1-12-8-19(10-16(23-12)5-6-22-11-16)14(21)18-13-7-17-20(9-13)15(2,3)4/h7,9,12H,5-6,8,10-11H2,1-4H3,(H,18,21)/t12-,16-/m1/s1. The average molecular weight is 322 g/mol. The van der Waals surface area contributed by atoms with Gasteiger partial charge < -0.3 is 19.7 Å². The van der Waals surface area contributed by atoms with Crippen LogP contribution in [0.1, 0.15) is 34.1 Å². The quantitative estimate of drug-likeness (QED) is 0.859. The van der Waals surface area contributed by atoms with Gasteiger partial charge in [-0.3, -0.25) is 4.68 Å². The molecule has 2 aliphatic heterocycles. The molecular weight excluding hydrogens is 296 g/mol. The monoisotopic (exact) mass is 322 g/mol. The van der Waals surface area contributed by atoms with E-state index in [1.807, 2.05) is 22.7 Å². The zero-order valence-electron chi connectivity index (χ0n) is 14.3. The van der Waals surface area contributed by atoms with Crippen molar-refractivity contribution >= 4 is 11.7 Å². The van der Waals surface area contributed by atoms with Crippen LogP contribution in [0.15, 0.2) is 12.4 Å². The predicted molar refractivity (Wildman–Crippen MR) is 86.5 cm³/mol. The molecule has 0 unspecified atom stereocenters. The lowest BCUT2D eigenvalue weighted by molar-refractivity contribution is -0.136. The zero-order chi connectivity index (χ0) is 16.7. The topological polar surface area (TPSA) is 68.6 Å². The summed E-state index contributed by atoms with van der Waals surface area (Å²) in [6, 6.07) is -0.111. The fraction of sp³-hybridized carbons (Fsp3) is 0.750. The Morgan fingerprint density at radius 3 is 2.87 bits per heavy atom. The molecule has 23 heavy (non-hydrogen) atoms. The molecule has 1 N–H and O–H groups in total. The maximum absolute atomic E-state index is 12.6. The number of hydrogen-bond acceptors (Lipinski definition) is 4. The third kappa shape index (κ3) is 3.50. The number of aromatic nitrogens is 2. The van der Waals surface area contributed by atoms with E-state index >= 15 is 0 Å². The molecule has 2 saturated heterocycles. The van der Waals surface area contributed by atoms with Crippen molar-refractivity contribution in [2.75, 3.05) is 31.6 Å². The highest BCUT2D eigenvalue weighted by molar-refractivity contribution is 5.89. The molecule has 7 heteroatoms. The van der Waals surface area contributed by atoms with Crippen LogP contribution in [0.2, 0.25) is 0 Å². The van der Waals surface area contributed by atoms with Crippen molar-refractivity contribution in [2.24, 2.45) is 0 Å². The molecule has 0 aromatic carbocycles. The summed E-state index contributed by atoms with van der Waals surface area (Å²) in [5.41, 5.74) is 0.257. The molecule has 2 fully saturated rings. The minimum Gasteiger partial charge on any atom is -0.378 e. The van der Waals surface area contributed by atoms with Gasteiger partial charge in [-0.05, 0) is 27.7 Å². The Morgan fingerprint density at radius 1 is 1.48 bits per heavy atom. The first-order valence-electron chi connectivity index (χ1n) is 8.14. The van der Waals surface area contributed by atoms with Gasteiger partial charge in [-0.1, -0.05) is 0 Å². The van der Waals surface area contributed by atoms with Crippen LogP contribution >= 0.6 is 0 Å². The lowest BCUT2D eigenvalue weighted by atomic mass is 9.99. The fourth-order valence-electron chi connectivity index (χ4n) is 3.14. The van der Waals surface area contributed by atoms with E-state index in [1.54, 1.807) is 6.20 Å². The number of hydrogen-bond donors (Lipinski definition) is 1. The molecule has 7 nitrogen and oxygen atoms in total. The highest BCUT2D eigenvalue weighted by Gasteiger charge is 2.44. The first-order valence-corrected chi connectivity index (χ1v) is 8.14. The molecule has 1 aromatic heterocycles. The number of carbonyl (C=O) groups is 1. The molecule has 2 atom stereocenters. The van der Waals surface area contributed by atoms with E-state index in [2.05, 4.69) is 31.2 Å². The molecule has 0 bridgehead atoms. The number of morpholine rings is 1. The SMILES string of the molecule is C[C@@H]1CN(C(=O)Nc2cnn(C(C)(C)C)c2)C[C@@]2(CCOC2)O1. The molecule has 0 aliphatic carbocycles. The summed E-state index contributed by atoms with van der Waals surface area (Å²) >= 11 is 0. The van der Waals surface area contributed by atoms with Gasteiger partial charge in [0.25, 0.3) is 0 Å². The van der Waals surface area contributed by atoms with Crippen LogP contribution in [-0.4, -0.2) is 58.7 Å². The Kier molecular flexibility index (Phi) is 4.10. The van der Waals surface area contributed by atoms with Crippen LogP contribution < -0.4 is 5.32 Å². The van der Waals surface area contributed by atoms with Crippen molar-refractivity contribution in [1.29, 1.82) is 0 Å². The lowest BCUT2D eigenvalue weighted by Gasteiger charge is -2.42. The molecular formula is C16H26N4O3. The average Bonchev–Trinajstić information content (AvgIpc) is 3.07. The minimum atomic E-state index is -0.343. The Hall–Kier alpha value is -1.60. The van der Waals surface area contributed by atoms with Crippen molar-refractivity contribution in [1.82, 2.24) is 14.7 Å². The van der Waals surface area contributed by atoms with E-state index in [0.29, 0.717) is 32.0 Å². The van der Waals surface area contributed by atoms with Gasteiger partial charge in [0, 0.05) is 25.8 Å². The van der Waals surface area contributed by atoms with Crippen LogP contribution in [0.3, 0.4) is 0 Å². The van der Waals surface area contributed by atoms with Gasteiger partial charge in [0.2, 0.25) is 0 Å². The summed E-state index contributed by atoms with van der Waals surface area (Å²) in [5.74, 6) is 0. The molecule has 128 valence electrons. The van der Waals surface area contributed by atoms with Crippen LogP contribution in [-0.2, 0) is 15.0 Å². The minimum absolute atomic E-state index is 0.00787. The zero-order valence-corrected chi connectivity index (χ0v) is 14.3. The van der Waals surface area contributed by atoms with E-state index in [-0.39, 0.29) is 23.3 Å². The summed E-state index contributed by atoms with van der Waals surface area (Å²) in [5, 5.41) is 7.25. The maximum atomic E-state index is 12.6. The van der Waals surface area contributed by atoms with E-state index in [1.165, 1.54) is 0 Å². The maximum Gasteiger partial charge on any atom is 0.322 e. The first-order chi connectivity index (χ1) is 10.8. The van der Waals surface area contributed by atoms with Crippen molar-refractivity contribution in [3.63, 3.8) is 0 Å². The lowest BCUT2D eigenvalue weighted by Crippen LogP contribution is -2.57. The molecule has 1 spiro atoms. The normalized spacial score (nSPS) is 28.3. The summed E-state index contributed by atoms with van der Waals surface area (Å²) in [6.07, 6.45) is 4.38. The summed E-state index contributed by atoms with van der Waals surface area (Å²) < 4.78 is 13.4. The largest absolute Gasteiger partial charge is 0.378 e. The van der Waals surface area contributed by atoms with Crippen molar-refractivity contribution in [3.05, 3.63) is 12.4 Å². The number of nitrogens with zero attached hydrogens (tertiary/aromatic N) is 3. The number of rotatable bonds is 1. The molecule has 0 saturated carbocycles. The van der Waals surface area contributed by atoms with Gasteiger partial charge in [0.05, 0.1) is 36.7 Å². The third-order valence-electron chi connectivity index (χ3n) is 4.28. The number of carbonyl (C=O) groups excluding carboxylic acids is 1. The summed E-state index contributed by atoms with van der Waals surface area (Å²) in [7, 11) is 0. The van der Waals surface area contributed by atoms with Crippen molar-refractivity contribution in [2.45, 2.75) is 51.4 Å². The second-order valence-corrected chi connectivity index (χ2v) is 7.57. The second kappa shape index (κ2) is 5.79. The molecule has 0 radical (unpaired) electrons. The van der Waals surface area contributed by atoms with Gasteiger partial charge in [0.1, 0.15) is 5.60 Å². The van der Waals surface area contributed by atoms with E-state index in [4.69, 9.17) is 9.47 Å². The van der Waals surface area contributed by atoms with Crippen molar-refractivity contribution in [3.8, 4) is 0 Å². The van der Waals surface area contributed by atoms with Crippen LogP contribution in [0.5, 0.6) is 0 Å². The van der Waals surface area contributed by atoms with E-state index in [9.17, 15) is 4.79 Å². The van der Waals surface area contributed by atoms with Crippen molar-refractivity contribution < 1.29 is 14.3 Å². The number of anilines is 1. The fourth-order valence-corrected chi connectivity index (χ4v) is 3.14. The Labute approximate surface area is 136 Å². The van der Waals surface area contributed by atoms with Crippen LogP contribution in [0.4, 0.5) is 10.5 Å². The Morgan fingerprint density at radius 2 is 2.26 bits per heavy atom. The third-order valence-corrected chi connectivity index (χ3v) is 4.28. The van der Waals surface area contributed by atoms with Crippen LogP contribution in [0.25, 0.3) is 0 Å². The first kappa shape index (κ1) is 16.3. The second-order valence-electron chi connectivity index (χ2n) is 7.57. The summed E-state index contributed by atoms with van der Waals surface area (Å²) in [4.78, 5) is 14.4. The molecule has 2 amide bonds. The van der Waals surface area contributed by atoms with Gasteiger partial charge >= 0.3 is 6.03 Å².